The number of ether oxygens (including phenoxy) is 1. The minimum Gasteiger partial charge on any atom is -0.361 e. The molecule has 2 aromatic rings. The molecule has 1 N–H and O–H groups in total. The molecule has 0 amide bonds. The van der Waals surface area contributed by atoms with Gasteiger partial charge in [0.15, 0.2) is 5.65 Å². The number of fused-ring (bicyclic) bond motifs is 1. The standard InChI is InChI=1S/C10H10BrClN4O/c11-6-4-7-9(14-8(6)12)15-10(13-7)16-2-1-3-17-5-16/h4H,1-3,5H2,(H,13,14,15). The smallest absolute Gasteiger partial charge is 0.207 e. The number of nitrogens with one attached hydrogen (secondary N) is 1. The number of nitrogens with zero attached hydrogens (tertiary/aromatic N) is 3. The molecule has 2 aromatic heterocycles. The molecule has 0 bridgehead atoms. The second-order valence-electron chi connectivity index (χ2n) is 3.85. The number of halogens is 2. The first kappa shape index (κ1) is 11.3. The fraction of sp³-hybridized carbons (Fsp3) is 0.400. The van der Waals surface area contributed by atoms with Crippen molar-refractivity contribution in [3.05, 3.63) is 15.7 Å². The van der Waals surface area contributed by atoms with Crippen LogP contribution in [-0.2, 0) is 4.74 Å². The van der Waals surface area contributed by atoms with E-state index in [4.69, 9.17) is 16.3 Å². The lowest BCUT2D eigenvalue weighted by Gasteiger charge is -2.25. The van der Waals surface area contributed by atoms with Crippen molar-refractivity contribution < 1.29 is 4.74 Å². The summed E-state index contributed by atoms with van der Waals surface area (Å²) in [6.07, 6.45) is 1.01. The summed E-state index contributed by atoms with van der Waals surface area (Å²) in [7, 11) is 0. The number of hydrogen-bond donors (Lipinski definition) is 1. The predicted octanol–water partition coefficient (Wildman–Crippen LogP) is 2.56. The van der Waals surface area contributed by atoms with Crippen molar-refractivity contribution in [1.82, 2.24) is 15.0 Å². The molecule has 0 unspecified atom stereocenters. The monoisotopic (exact) mass is 316 g/mol. The van der Waals surface area contributed by atoms with Gasteiger partial charge in [-0.15, -0.1) is 0 Å². The van der Waals surface area contributed by atoms with Crippen molar-refractivity contribution in [2.45, 2.75) is 6.42 Å². The number of pyridine rings is 1. The summed E-state index contributed by atoms with van der Waals surface area (Å²) >= 11 is 9.27. The van der Waals surface area contributed by atoms with Gasteiger partial charge in [0.05, 0.1) is 16.6 Å². The first-order valence-electron chi connectivity index (χ1n) is 5.28. The van der Waals surface area contributed by atoms with E-state index in [0.717, 1.165) is 35.5 Å². The summed E-state index contributed by atoms with van der Waals surface area (Å²) in [6.45, 7) is 2.32. The van der Waals surface area contributed by atoms with Gasteiger partial charge in [-0.3, -0.25) is 0 Å². The van der Waals surface area contributed by atoms with Gasteiger partial charge in [0.25, 0.3) is 0 Å². The van der Waals surface area contributed by atoms with Gasteiger partial charge in [-0.1, -0.05) is 11.6 Å². The van der Waals surface area contributed by atoms with Crippen molar-refractivity contribution in [3.63, 3.8) is 0 Å². The first-order valence-corrected chi connectivity index (χ1v) is 6.45. The fourth-order valence-electron chi connectivity index (χ4n) is 1.80. The molecule has 0 saturated carbocycles. The number of imidazole rings is 1. The van der Waals surface area contributed by atoms with E-state index < -0.39 is 0 Å². The van der Waals surface area contributed by atoms with Crippen molar-refractivity contribution in [2.24, 2.45) is 0 Å². The number of aromatic nitrogens is 3. The lowest BCUT2D eigenvalue weighted by Crippen LogP contribution is -2.33. The summed E-state index contributed by atoms with van der Waals surface area (Å²) in [6, 6.07) is 1.88. The number of H-pyrrole nitrogens is 1. The molecule has 1 aliphatic rings. The van der Waals surface area contributed by atoms with Crippen molar-refractivity contribution in [3.8, 4) is 0 Å². The molecular weight excluding hydrogens is 307 g/mol. The van der Waals surface area contributed by atoms with Crippen molar-refractivity contribution in [2.75, 3.05) is 24.8 Å². The molecule has 3 heterocycles. The molecule has 5 nitrogen and oxygen atoms in total. The van der Waals surface area contributed by atoms with E-state index in [1.165, 1.54) is 0 Å². The molecule has 90 valence electrons. The van der Waals surface area contributed by atoms with Gasteiger partial charge < -0.3 is 14.6 Å². The van der Waals surface area contributed by atoms with Crippen molar-refractivity contribution >= 4 is 44.6 Å². The van der Waals surface area contributed by atoms with Crippen LogP contribution < -0.4 is 4.90 Å². The third-order valence-corrected chi connectivity index (χ3v) is 3.76. The molecule has 7 heteroatoms. The van der Waals surface area contributed by atoms with Crippen LogP contribution in [0.15, 0.2) is 10.5 Å². The van der Waals surface area contributed by atoms with Crippen LogP contribution in [0.3, 0.4) is 0 Å². The number of anilines is 1. The van der Waals surface area contributed by atoms with Crippen LogP contribution in [0.4, 0.5) is 5.95 Å². The third-order valence-electron chi connectivity index (χ3n) is 2.63. The highest BCUT2D eigenvalue weighted by molar-refractivity contribution is 9.10. The Kier molecular flexibility index (Phi) is 2.94. The molecule has 0 spiro atoms. The Morgan fingerprint density at radius 1 is 1.47 bits per heavy atom. The maximum atomic E-state index is 5.93. The van der Waals surface area contributed by atoms with Gasteiger partial charge in [0.2, 0.25) is 5.95 Å². The topological polar surface area (TPSA) is 54.0 Å². The number of rotatable bonds is 1. The summed E-state index contributed by atoms with van der Waals surface area (Å²) < 4.78 is 6.15. The molecule has 17 heavy (non-hydrogen) atoms. The number of aromatic amines is 1. The predicted molar refractivity (Wildman–Crippen MR) is 69.4 cm³/mol. The van der Waals surface area contributed by atoms with E-state index >= 15 is 0 Å². The average molecular weight is 318 g/mol. The molecular formula is C10H10BrClN4O. The minimum absolute atomic E-state index is 0.422. The second kappa shape index (κ2) is 4.44. The molecule has 1 fully saturated rings. The Bertz CT molecular complexity index is 513. The third kappa shape index (κ3) is 2.12. The summed E-state index contributed by atoms with van der Waals surface area (Å²) in [5.41, 5.74) is 1.49. The highest BCUT2D eigenvalue weighted by Gasteiger charge is 2.16. The molecule has 3 rings (SSSR count). The van der Waals surface area contributed by atoms with E-state index in [2.05, 4.69) is 30.9 Å². The van der Waals surface area contributed by atoms with Crippen LogP contribution in [0.2, 0.25) is 5.15 Å². The van der Waals surface area contributed by atoms with Crippen molar-refractivity contribution in [1.29, 1.82) is 0 Å². The lowest BCUT2D eigenvalue weighted by atomic mass is 10.4. The summed E-state index contributed by atoms with van der Waals surface area (Å²) in [5.74, 6) is 0.779. The second-order valence-corrected chi connectivity index (χ2v) is 5.06. The van der Waals surface area contributed by atoms with E-state index in [1.54, 1.807) is 0 Å². The zero-order valence-electron chi connectivity index (χ0n) is 8.91. The normalized spacial score (nSPS) is 16.7. The lowest BCUT2D eigenvalue weighted by molar-refractivity contribution is 0.106. The maximum Gasteiger partial charge on any atom is 0.207 e. The van der Waals surface area contributed by atoms with Gasteiger partial charge in [-0.25, -0.2) is 4.98 Å². The van der Waals surface area contributed by atoms with Crippen LogP contribution in [0.25, 0.3) is 11.2 Å². The molecule has 1 saturated heterocycles. The van der Waals surface area contributed by atoms with Crippen LogP contribution in [0.1, 0.15) is 6.42 Å². The van der Waals surface area contributed by atoms with Gasteiger partial charge in [-0.2, -0.15) is 4.98 Å². The highest BCUT2D eigenvalue weighted by Crippen LogP contribution is 2.25. The Labute approximate surface area is 111 Å². The summed E-state index contributed by atoms with van der Waals surface area (Å²) in [4.78, 5) is 13.9. The minimum atomic E-state index is 0.422. The Morgan fingerprint density at radius 2 is 2.35 bits per heavy atom. The van der Waals surface area contributed by atoms with Gasteiger partial charge in [-0.05, 0) is 28.4 Å². The van der Waals surface area contributed by atoms with E-state index in [-0.39, 0.29) is 0 Å². The SMILES string of the molecule is Clc1nc2nc(N3CCCOC3)[nH]c2cc1Br. The largest absolute Gasteiger partial charge is 0.361 e. The zero-order valence-corrected chi connectivity index (χ0v) is 11.3. The van der Waals surface area contributed by atoms with Crippen LogP contribution in [-0.4, -0.2) is 34.8 Å². The quantitative estimate of drug-likeness (QED) is 0.821. The van der Waals surface area contributed by atoms with Crippen LogP contribution >= 0.6 is 27.5 Å². The van der Waals surface area contributed by atoms with Gasteiger partial charge in [0.1, 0.15) is 11.9 Å². The fourth-order valence-corrected chi connectivity index (χ4v) is 2.25. The molecule has 0 radical (unpaired) electrons. The number of hydrogen-bond acceptors (Lipinski definition) is 4. The summed E-state index contributed by atoms with van der Waals surface area (Å²) in [5, 5.41) is 0.422. The highest BCUT2D eigenvalue weighted by atomic mass is 79.9. The molecule has 0 aliphatic carbocycles. The Balaban J connectivity index is 2.00. The Hall–Kier alpha value is -0.850. The van der Waals surface area contributed by atoms with E-state index in [9.17, 15) is 0 Å². The van der Waals surface area contributed by atoms with Crippen LogP contribution in [0, 0.1) is 0 Å². The van der Waals surface area contributed by atoms with Gasteiger partial charge in [0, 0.05) is 6.54 Å². The molecule has 1 aliphatic heterocycles. The van der Waals surface area contributed by atoms with E-state index in [1.807, 2.05) is 11.0 Å². The van der Waals surface area contributed by atoms with E-state index in [0.29, 0.717) is 17.5 Å². The zero-order chi connectivity index (χ0) is 11.8. The molecule has 0 aromatic carbocycles. The first-order chi connectivity index (χ1) is 8.24. The molecule has 0 atom stereocenters. The Morgan fingerprint density at radius 3 is 3.12 bits per heavy atom. The van der Waals surface area contributed by atoms with Crippen LogP contribution in [0.5, 0.6) is 0 Å². The van der Waals surface area contributed by atoms with Gasteiger partial charge >= 0.3 is 0 Å². The average Bonchev–Trinajstić information content (AvgIpc) is 2.74. The maximum absolute atomic E-state index is 5.93.